The van der Waals surface area contributed by atoms with Gasteiger partial charge >= 0.3 is 11.9 Å². The number of aryl methyl sites for hydroxylation is 1. The molecular weight excluding hydrogens is 405 g/mol. The van der Waals surface area contributed by atoms with E-state index in [0.717, 1.165) is 0 Å². The zero-order valence-electron chi connectivity index (χ0n) is 17.4. The first-order chi connectivity index (χ1) is 14.6. The first-order valence-corrected chi connectivity index (χ1v) is 9.45. The average molecular weight is 425 g/mol. The number of carboxylic acids is 1. The number of ether oxygens (including phenoxy) is 1. The van der Waals surface area contributed by atoms with Crippen LogP contribution in [0.3, 0.4) is 0 Å². The van der Waals surface area contributed by atoms with E-state index in [1.807, 2.05) is 0 Å². The molecule has 0 atom stereocenters. The summed E-state index contributed by atoms with van der Waals surface area (Å²) in [7, 11) is 1.68. The second kappa shape index (κ2) is 7.15. The highest BCUT2D eigenvalue weighted by molar-refractivity contribution is 6.01. The van der Waals surface area contributed by atoms with E-state index in [4.69, 9.17) is 4.74 Å². The van der Waals surface area contributed by atoms with Crippen LogP contribution in [0.1, 0.15) is 31.1 Å². The van der Waals surface area contributed by atoms with Gasteiger partial charge in [0, 0.05) is 18.6 Å². The lowest BCUT2D eigenvalue weighted by Crippen LogP contribution is -2.24. The predicted octanol–water partition coefficient (Wildman–Crippen LogP) is 3.37. The number of aromatic nitrogens is 5. The first-order valence-electron chi connectivity index (χ1n) is 9.45. The molecule has 0 amide bonds. The molecule has 1 aromatic carbocycles. The molecule has 160 valence electrons. The van der Waals surface area contributed by atoms with E-state index in [1.54, 1.807) is 33.9 Å². The van der Waals surface area contributed by atoms with E-state index in [1.165, 1.54) is 33.8 Å². The molecule has 0 unspecified atom stereocenters. The highest BCUT2D eigenvalue weighted by Gasteiger charge is 2.25. The van der Waals surface area contributed by atoms with Gasteiger partial charge in [0.1, 0.15) is 28.3 Å². The molecule has 31 heavy (non-hydrogen) atoms. The molecule has 3 aromatic heterocycles. The van der Waals surface area contributed by atoms with E-state index in [-0.39, 0.29) is 23.5 Å². The summed E-state index contributed by atoms with van der Waals surface area (Å²) in [6.45, 7) is 4.97. The highest BCUT2D eigenvalue weighted by Crippen LogP contribution is 2.29. The highest BCUT2D eigenvalue weighted by atomic mass is 19.1. The van der Waals surface area contributed by atoms with Crippen LogP contribution in [-0.2, 0) is 23.3 Å². The third kappa shape index (κ3) is 3.60. The van der Waals surface area contributed by atoms with Gasteiger partial charge in [-0.05, 0) is 39.0 Å². The van der Waals surface area contributed by atoms with Crippen molar-refractivity contribution >= 4 is 34.0 Å². The topological polar surface area (TPSA) is 112 Å². The van der Waals surface area contributed by atoms with Gasteiger partial charge in [-0.2, -0.15) is 5.10 Å². The van der Waals surface area contributed by atoms with E-state index < -0.39 is 23.2 Å². The molecule has 0 fully saturated rings. The minimum atomic E-state index is -1.19. The fourth-order valence-electron chi connectivity index (χ4n) is 3.19. The van der Waals surface area contributed by atoms with Crippen molar-refractivity contribution < 1.29 is 23.8 Å². The van der Waals surface area contributed by atoms with Crippen LogP contribution in [0.25, 0.3) is 33.5 Å². The maximum absolute atomic E-state index is 13.6. The summed E-state index contributed by atoms with van der Waals surface area (Å²) in [4.78, 5) is 32.7. The largest absolute Gasteiger partial charge is 0.478 e. The molecule has 9 nitrogen and oxygen atoms in total. The smallest absolute Gasteiger partial charge is 0.339 e. The summed E-state index contributed by atoms with van der Waals surface area (Å²) >= 11 is 0. The van der Waals surface area contributed by atoms with E-state index in [9.17, 15) is 19.1 Å². The number of fused-ring (bicyclic) bond motifs is 2. The van der Waals surface area contributed by atoms with Gasteiger partial charge in [-0.3, -0.25) is 14.0 Å². The third-order valence-corrected chi connectivity index (χ3v) is 4.80. The monoisotopic (exact) mass is 425 g/mol. The summed E-state index contributed by atoms with van der Waals surface area (Å²) in [5.41, 5.74) is 0.986. The molecule has 1 N–H and O–H groups in total. The van der Waals surface area contributed by atoms with Gasteiger partial charge in [0.2, 0.25) is 0 Å². The van der Waals surface area contributed by atoms with Crippen molar-refractivity contribution in [3.05, 3.63) is 42.0 Å². The second-order valence-corrected chi connectivity index (χ2v) is 8.19. The lowest BCUT2D eigenvalue weighted by atomic mass is 9.98. The molecule has 3 heterocycles. The number of benzene rings is 1. The quantitative estimate of drug-likeness (QED) is 0.499. The van der Waals surface area contributed by atoms with Gasteiger partial charge in [0.25, 0.3) is 0 Å². The molecule has 4 rings (SSSR count). The lowest BCUT2D eigenvalue weighted by molar-refractivity contribution is -0.156. The van der Waals surface area contributed by atoms with Crippen LogP contribution >= 0.6 is 0 Å². The molecule has 0 radical (unpaired) electrons. The Morgan fingerprint density at radius 3 is 2.68 bits per heavy atom. The van der Waals surface area contributed by atoms with Crippen LogP contribution in [-0.4, -0.2) is 41.4 Å². The molecule has 10 heteroatoms. The summed E-state index contributed by atoms with van der Waals surface area (Å²) in [5.74, 6) is -2.01. The summed E-state index contributed by atoms with van der Waals surface area (Å²) < 4.78 is 21.8. The van der Waals surface area contributed by atoms with E-state index in [0.29, 0.717) is 22.3 Å². The summed E-state index contributed by atoms with van der Waals surface area (Å²) in [5, 5.41) is 14.7. The number of carbonyl (C=O) groups excluding carboxylic acids is 1. The third-order valence-electron chi connectivity index (χ3n) is 4.80. The molecule has 0 spiro atoms. The summed E-state index contributed by atoms with van der Waals surface area (Å²) in [6.07, 6.45) is 2.79. The van der Waals surface area contributed by atoms with Gasteiger partial charge in [0.15, 0.2) is 12.4 Å². The Labute approximate surface area is 176 Å². The Morgan fingerprint density at radius 1 is 1.26 bits per heavy atom. The number of nitrogens with zero attached hydrogens (tertiary/aromatic N) is 5. The first kappa shape index (κ1) is 20.5. The van der Waals surface area contributed by atoms with Crippen molar-refractivity contribution in [2.45, 2.75) is 27.5 Å². The number of esters is 1. The molecule has 4 aromatic rings. The van der Waals surface area contributed by atoms with Crippen molar-refractivity contribution in [1.29, 1.82) is 0 Å². The molecule has 0 aliphatic heterocycles. The van der Waals surface area contributed by atoms with Gasteiger partial charge < -0.3 is 9.84 Å². The minimum absolute atomic E-state index is 0.0811. The fourth-order valence-corrected chi connectivity index (χ4v) is 3.19. The Balaban J connectivity index is 1.80. The molecule has 0 aliphatic rings. The number of halogens is 1. The van der Waals surface area contributed by atoms with Crippen LogP contribution < -0.4 is 0 Å². The van der Waals surface area contributed by atoms with E-state index >= 15 is 0 Å². The Morgan fingerprint density at radius 2 is 2.00 bits per heavy atom. The molecular formula is C21H20FN5O4. The number of hydrogen-bond donors (Lipinski definition) is 1. The average Bonchev–Trinajstić information content (AvgIpc) is 3.23. The molecule has 0 aliphatic carbocycles. The van der Waals surface area contributed by atoms with Gasteiger partial charge in [-0.1, -0.05) is 0 Å². The Bertz CT molecular complexity index is 1350. The zero-order chi connectivity index (χ0) is 22.5. The standard InChI is InChI=1S/C21H20FN5O4/c1-21(2,3)20(30)31-10-27-9-13(19(28)29)17-18(27)23-8-14(24-17)16-12-6-5-11(22)7-15(12)26(4)25-16/h5-9H,10H2,1-4H3,(H,28,29). The second-order valence-electron chi connectivity index (χ2n) is 8.19. The van der Waals surface area contributed by atoms with Crippen molar-refractivity contribution in [1.82, 2.24) is 24.3 Å². The van der Waals surface area contributed by atoms with Crippen LogP contribution in [0.15, 0.2) is 30.6 Å². The lowest BCUT2D eigenvalue weighted by Gasteiger charge is -2.16. The van der Waals surface area contributed by atoms with Crippen molar-refractivity contribution in [2.24, 2.45) is 12.5 Å². The number of hydrogen-bond acceptors (Lipinski definition) is 6. The SMILES string of the molecule is Cn1nc(-c2cnc3c(n2)c(C(=O)O)cn3COC(=O)C(C)(C)C)c2ccc(F)cc21. The van der Waals surface area contributed by atoms with E-state index in [2.05, 4.69) is 15.1 Å². The van der Waals surface area contributed by atoms with Crippen LogP contribution in [0.2, 0.25) is 0 Å². The number of rotatable bonds is 4. The van der Waals surface area contributed by atoms with Gasteiger partial charge in [0.05, 0.1) is 17.1 Å². The van der Waals surface area contributed by atoms with Crippen LogP contribution in [0.4, 0.5) is 4.39 Å². The number of aromatic carboxylic acids is 1. The minimum Gasteiger partial charge on any atom is -0.478 e. The summed E-state index contributed by atoms with van der Waals surface area (Å²) in [6, 6.07) is 4.27. The number of carbonyl (C=O) groups is 2. The molecule has 0 saturated carbocycles. The fraction of sp³-hybridized carbons (Fsp3) is 0.286. The van der Waals surface area contributed by atoms with Crippen molar-refractivity contribution in [3.8, 4) is 11.4 Å². The normalized spacial score (nSPS) is 11.9. The predicted molar refractivity (Wildman–Crippen MR) is 110 cm³/mol. The Kier molecular flexibility index (Phi) is 4.72. The maximum atomic E-state index is 13.6. The van der Waals surface area contributed by atoms with Gasteiger partial charge in [-0.25, -0.2) is 19.2 Å². The number of carboxylic acid groups (broad SMARTS) is 1. The molecule has 0 saturated heterocycles. The Hall–Kier alpha value is -3.82. The zero-order valence-corrected chi connectivity index (χ0v) is 17.4. The van der Waals surface area contributed by atoms with Gasteiger partial charge in [-0.15, -0.1) is 0 Å². The maximum Gasteiger partial charge on any atom is 0.339 e. The van der Waals surface area contributed by atoms with Crippen LogP contribution in [0, 0.1) is 11.2 Å². The molecule has 0 bridgehead atoms. The van der Waals surface area contributed by atoms with Crippen molar-refractivity contribution in [2.75, 3.05) is 0 Å². The van der Waals surface area contributed by atoms with Crippen molar-refractivity contribution in [3.63, 3.8) is 0 Å². The van der Waals surface area contributed by atoms with Crippen LogP contribution in [0.5, 0.6) is 0 Å².